The number of nitrogens with one attached hydrogen (secondary N) is 1. The molecule has 5 heteroatoms. The fourth-order valence-electron chi connectivity index (χ4n) is 2.24. The number of aliphatic carboxylic acids is 1. The van der Waals surface area contributed by atoms with Gasteiger partial charge in [0.15, 0.2) is 0 Å². The molecule has 0 unspecified atom stereocenters. The summed E-state index contributed by atoms with van der Waals surface area (Å²) in [6.07, 6.45) is 3.33. The Balaban J connectivity index is 1.94. The molecule has 0 saturated heterocycles. The zero-order valence-electron chi connectivity index (χ0n) is 12.5. The molecule has 0 aliphatic carbocycles. The van der Waals surface area contributed by atoms with Gasteiger partial charge in [-0.2, -0.15) is 0 Å². The highest BCUT2D eigenvalue weighted by Gasteiger charge is 2.18. The third-order valence-electron chi connectivity index (χ3n) is 3.65. The summed E-state index contributed by atoms with van der Waals surface area (Å²) < 4.78 is 0. The molecule has 2 N–H and O–H groups in total. The molecule has 0 radical (unpaired) electrons. The van der Waals surface area contributed by atoms with Crippen molar-refractivity contribution in [1.29, 1.82) is 0 Å². The SMILES string of the molecule is CC(C)(CCNc1ncnc2ccccc12)CCC(=O)O. The Kier molecular flexibility index (Phi) is 4.73. The van der Waals surface area contributed by atoms with Gasteiger partial charge in [-0.25, -0.2) is 9.97 Å². The normalized spacial score (nSPS) is 11.5. The van der Waals surface area contributed by atoms with Crippen LogP contribution in [-0.4, -0.2) is 27.6 Å². The van der Waals surface area contributed by atoms with Crippen molar-refractivity contribution < 1.29 is 9.90 Å². The van der Waals surface area contributed by atoms with Crippen LogP contribution in [0.5, 0.6) is 0 Å². The van der Waals surface area contributed by atoms with Gasteiger partial charge in [0.1, 0.15) is 12.1 Å². The van der Waals surface area contributed by atoms with Gasteiger partial charge in [0.05, 0.1) is 5.52 Å². The Morgan fingerprint density at radius 1 is 1.24 bits per heavy atom. The Morgan fingerprint density at radius 3 is 2.76 bits per heavy atom. The number of aromatic nitrogens is 2. The highest BCUT2D eigenvalue weighted by atomic mass is 16.4. The summed E-state index contributed by atoms with van der Waals surface area (Å²) >= 11 is 0. The molecule has 0 aliphatic heterocycles. The molecule has 0 saturated carbocycles. The van der Waals surface area contributed by atoms with Crippen LogP contribution < -0.4 is 5.32 Å². The minimum absolute atomic E-state index is 0.00573. The molecular weight excluding hydrogens is 266 g/mol. The van der Waals surface area contributed by atoms with Crippen molar-refractivity contribution in [1.82, 2.24) is 9.97 Å². The van der Waals surface area contributed by atoms with Gasteiger partial charge in [-0.3, -0.25) is 4.79 Å². The largest absolute Gasteiger partial charge is 0.481 e. The molecule has 1 aromatic heterocycles. The zero-order valence-corrected chi connectivity index (χ0v) is 12.5. The lowest BCUT2D eigenvalue weighted by Gasteiger charge is -2.24. The molecular formula is C16H21N3O2. The Morgan fingerprint density at radius 2 is 2.00 bits per heavy atom. The van der Waals surface area contributed by atoms with Crippen LogP contribution in [0.25, 0.3) is 10.9 Å². The third-order valence-corrected chi connectivity index (χ3v) is 3.65. The maximum Gasteiger partial charge on any atom is 0.303 e. The van der Waals surface area contributed by atoms with Gasteiger partial charge in [0, 0.05) is 18.4 Å². The number of benzene rings is 1. The first kappa shape index (κ1) is 15.2. The van der Waals surface area contributed by atoms with Crippen molar-refractivity contribution in [3.8, 4) is 0 Å². The first-order chi connectivity index (χ1) is 9.98. The van der Waals surface area contributed by atoms with E-state index < -0.39 is 5.97 Å². The fraction of sp³-hybridized carbons (Fsp3) is 0.438. The minimum atomic E-state index is -0.738. The van der Waals surface area contributed by atoms with E-state index >= 15 is 0 Å². The molecule has 0 amide bonds. The second-order valence-electron chi connectivity index (χ2n) is 5.97. The summed E-state index contributed by atoms with van der Waals surface area (Å²) in [5.74, 6) is 0.0902. The van der Waals surface area contributed by atoms with Gasteiger partial charge in [-0.05, 0) is 30.4 Å². The van der Waals surface area contributed by atoms with Crippen LogP contribution >= 0.6 is 0 Å². The highest BCUT2D eigenvalue weighted by molar-refractivity contribution is 5.88. The number of nitrogens with zero attached hydrogens (tertiary/aromatic N) is 2. The lowest BCUT2D eigenvalue weighted by molar-refractivity contribution is -0.137. The fourth-order valence-corrected chi connectivity index (χ4v) is 2.24. The van der Waals surface area contributed by atoms with E-state index in [0.717, 1.165) is 29.7 Å². The van der Waals surface area contributed by atoms with Crippen LogP contribution in [0.2, 0.25) is 0 Å². The molecule has 2 aromatic rings. The van der Waals surface area contributed by atoms with Gasteiger partial charge in [0.2, 0.25) is 0 Å². The predicted molar refractivity (Wildman–Crippen MR) is 83.3 cm³/mol. The predicted octanol–water partition coefficient (Wildman–Crippen LogP) is 3.32. The van der Waals surface area contributed by atoms with Gasteiger partial charge < -0.3 is 10.4 Å². The summed E-state index contributed by atoms with van der Waals surface area (Å²) in [6.45, 7) is 4.94. The molecule has 0 aliphatic rings. The topological polar surface area (TPSA) is 75.1 Å². The number of carboxylic acids is 1. The van der Waals surface area contributed by atoms with Gasteiger partial charge in [-0.15, -0.1) is 0 Å². The summed E-state index contributed by atoms with van der Waals surface area (Å²) in [4.78, 5) is 19.2. The second kappa shape index (κ2) is 6.52. The lowest BCUT2D eigenvalue weighted by Crippen LogP contribution is -2.18. The number of carbonyl (C=O) groups is 1. The van der Waals surface area contributed by atoms with E-state index in [1.165, 1.54) is 0 Å². The summed E-state index contributed by atoms with van der Waals surface area (Å²) in [5.41, 5.74) is 0.911. The Bertz CT molecular complexity index is 620. The summed E-state index contributed by atoms with van der Waals surface area (Å²) in [5, 5.41) is 13.1. The minimum Gasteiger partial charge on any atom is -0.481 e. The van der Waals surface area contributed by atoms with Crippen LogP contribution in [0.3, 0.4) is 0 Å². The molecule has 0 fully saturated rings. The van der Waals surface area contributed by atoms with Gasteiger partial charge in [-0.1, -0.05) is 26.0 Å². The number of fused-ring (bicyclic) bond motifs is 1. The van der Waals surface area contributed by atoms with Crippen molar-refractivity contribution in [2.45, 2.75) is 33.1 Å². The van der Waals surface area contributed by atoms with E-state index in [1.54, 1.807) is 6.33 Å². The quantitative estimate of drug-likeness (QED) is 0.817. The van der Waals surface area contributed by atoms with Crippen LogP contribution in [0.1, 0.15) is 33.1 Å². The van der Waals surface area contributed by atoms with E-state index in [1.807, 2.05) is 24.3 Å². The first-order valence-electron chi connectivity index (χ1n) is 7.13. The molecule has 112 valence electrons. The molecule has 0 bridgehead atoms. The maximum absolute atomic E-state index is 10.7. The van der Waals surface area contributed by atoms with E-state index in [-0.39, 0.29) is 11.8 Å². The molecule has 2 rings (SSSR count). The number of anilines is 1. The van der Waals surface area contributed by atoms with E-state index in [2.05, 4.69) is 29.1 Å². The average molecular weight is 287 g/mol. The van der Waals surface area contributed by atoms with Crippen molar-refractivity contribution in [2.75, 3.05) is 11.9 Å². The van der Waals surface area contributed by atoms with Crippen molar-refractivity contribution in [3.05, 3.63) is 30.6 Å². The van der Waals surface area contributed by atoms with E-state index in [9.17, 15) is 4.79 Å². The number of carboxylic acid groups (broad SMARTS) is 1. The second-order valence-corrected chi connectivity index (χ2v) is 5.97. The molecule has 1 aromatic carbocycles. The van der Waals surface area contributed by atoms with Crippen molar-refractivity contribution >= 4 is 22.7 Å². The van der Waals surface area contributed by atoms with Crippen LogP contribution in [0.15, 0.2) is 30.6 Å². The molecule has 0 atom stereocenters. The number of hydrogen-bond acceptors (Lipinski definition) is 4. The zero-order chi connectivity index (χ0) is 15.3. The standard InChI is InChI=1S/C16H21N3O2/c1-16(2,8-7-14(20)21)9-10-17-15-12-5-3-4-6-13(12)18-11-19-15/h3-6,11H,7-10H2,1-2H3,(H,20,21)(H,17,18,19). The molecule has 0 spiro atoms. The maximum atomic E-state index is 10.7. The lowest BCUT2D eigenvalue weighted by atomic mass is 9.84. The van der Waals surface area contributed by atoms with Crippen LogP contribution in [-0.2, 0) is 4.79 Å². The van der Waals surface area contributed by atoms with Crippen molar-refractivity contribution in [2.24, 2.45) is 5.41 Å². The smallest absolute Gasteiger partial charge is 0.303 e. The Labute approximate surface area is 124 Å². The first-order valence-corrected chi connectivity index (χ1v) is 7.13. The number of para-hydroxylation sites is 1. The number of rotatable bonds is 7. The van der Waals surface area contributed by atoms with Gasteiger partial charge >= 0.3 is 5.97 Å². The average Bonchev–Trinajstić information content (AvgIpc) is 2.45. The molecule has 5 nitrogen and oxygen atoms in total. The van der Waals surface area contributed by atoms with Crippen LogP contribution in [0, 0.1) is 5.41 Å². The van der Waals surface area contributed by atoms with Gasteiger partial charge in [0.25, 0.3) is 0 Å². The number of hydrogen-bond donors (Lipinski definition) is 2. The summed E-state index contributed by atoms with van der Waals surface area (Å²) in [6, 6.07) is 7.87. The van der Waals surface area contributed by atoms with E-state index in [0.29, 0.717) is 6.42 Å². The molecule has 21 heavy (non-hydrogen) atoms. The monoisotopic (exact) mass is 287 g/mol. The summed E-state index contributed by atoms with van der Waals surface area (Å²) in [7, 11) is 0. The third kappa shape index (κ3) is 4.41. The van der Waals surface area contributed by atoms with E-state index in [4.69, 9.17) is 5.11 Å². The Hall–Kier alpha value is -2.17. The van der Waals surface area contributed by atoms with Crippen molar-refractivity contribution in [3.63, 3.8) is 0 Å². The highest BCUT2D eigenvalue weighted by Crippen LogP contribution is 2.27. The molecule has 1 heterocycles. The van der Waals surface area contributed by atoms with Crippen LogP contribution in [0.4, 0.5) is 5.82 Å².